The van der Waals surface area contributed by atoms with Crippen LogP contribution in [0.2, 0.25) is 0 Å². The van der Waals surface area contributed by atoms with Gasteiger partial charge in [0.15, 0.2) is 0 Å². The quantitative estimate of drug-likeness (QED) is 0.823. The van der Waals surface area contributed by atoms with E-state index in [0.29, 0.717) is 6.61 Å². The Labute approximate surface area is 92.4 Å². The summed E-state index contributed by atoms with van der Waals surface area (Å²) >= 11 is 0. The Bertz CT molecular complexity index is 326. The average molecular weight is 207 g/mol. The van der Waals surface area contributed by atoms with Crippen molar-refractivity contribution < 1.29 is 4.74 Å². The summed E-state index contributed by atoms with van der Waals surface area (Å²) in [4.78, 5) is 0. The van der Waals surface area contributed by atoms with E-state index in [1.165, 1.54) is 11.1 Å². The Morgan fingerprint density at radius 2 is 2.00 bits per heavy atom. The van der Waals surface area contributed by atoms with E-state index in [1.807, 2.05) is 26.8 Å². The Hall–Kier alpha value is -1.02. The fourth-order valence-electron chi connectivity index (χ4n) is 1.61. The van der Waals surface area contributed by atoms with Crippen LogP contribution in [-0.2, 0) is 6.42 Å². The second kappa shape index (κ2) is 4.67. The zero-order valence-electron chi connectivity index (χ0n) is 10.1. The number of hydrogen-bond acceptors (Lipinski definition) is 2. The standard InChI is InChI=1S/C13H21NO/c1-5-15-12-7-6-11(10(2)8-12)9-13(3,4)14/h6-8H,5,9,14H2,1-4H3. The molecule has 15 heavy (non-hydrogen) atoms. The molecule has 2 N–H and O–H groups in total. The smallest absolute Gasteiger partial charge is 0.119 e. The van der Waals surface area contributed by atoms with Gasteiger partial charge < -0.3 is 10.5 Å². The summed E-state index contributed by atoms with van der Waals surface area (Å²) in [5.41, 5.74) is 8.39. The molecule has 0 saturated carbocycles. The van der Waals surface area contributed by atoms with Gasteiger partial charge in [-0.1, -0.05) is 6.07 Å². The summed E-state index contributed by atoms with van der Waals surface area (Å²) in [5, 5.41) is 0. The molecular weight excluding hydrogens is 186 g/mol. The van der Waals surface area contributed by atoms with Crippen LogP contribution < -0.4 is 10.5 Å². The van der Waals surface area contributed by atoms with Crippen molar-refractivity contribution in [2.24, 2.45) is 5.73 Å². The Balaban J connectivity index is 2.84. The van der Waals surface area contributed by atoms with Crippen molar-refractivity contribution >= 4 is 0 Å². The van der Waals surface area contributed by atoms with Crippen LogP contribution in [0.15, 0.2) is 18.2 Å². The van der Waals surface area contributed by atoms with Crippen LogP contribution in [0.5, 0.6) is 5.75 Å². The predicted octanol–water partition coefficient (Wildman–Crippen LogP) is 2.67. The largest absolute Gasteiger partial charge is 0.494 e. The van der Waals surface area contributed by atoms with Crippen molar-refractivity contribution in [1.29, 1.82) is 0 Å². The SMILES string of the molecule is CCOc1ccc(CC(C)(C)N)c(C)c1. The van der Waals surface area contributed by atoms with Crippen molar-refractivity contribution in [2.45, 2.75) is 39.7 Å². The van der Waals surface area contributed by atoms with Gasteiger partial charge in [0.1, 0.15) is 5.75 Å². The summed E-state index contributed by atoms with van der Waals surface area (Å²) in [6, 6.07) is 6.19. The van der Waals surface area contributed by atoms with Crippen LogP contribution in [0, 0.1) is 6.92 Å². The highest BCUT2D eigenvalue weighted by Gasteiger charge is 2.13. The summed E-state index contributed by atoms with van der Waals surface area (Å²) in [6.45, 7) is 8.89. The van der Waals surface area contributed by atoms with E-state index >= 15 is 0 Å². The first-order valence-corrected chi connectivity index (χ1v) is 5.43. The molecule has 2 heteroatoms. The van der Waals surface area contributed by atoms with Gasteiger partial charge in [0, 0.05) is 5.54 Å². The molecule has 1 rings (SSSR count). The molecular formula is C13H21NO. The maximum Gasteiger partial charge on any atom is 0.119 e. The molecule has 0 atom stereocenters. The highest BCUT2D eigenvalue weighted by atomic mass is 16.5. The molecule has 0 unspecified atom stereocenters. The molecule has 0 radical (unpaired) electrons. The minimum atomic E-state index is -0.155. The van der Waals surface area contributed by atoms with Crippen LogP contribution in [0.4, 0.5) is 0 Å². The van der Waals surface area contributed by atoms with Crippen LogP contribution in [0.1, 0.15) is 31.9 Å². The molecule has 2 nitrogen and oxygen atoms in total. The van der Waals surface area contributed by atoms with Gasteiger partial charge >= 0.3 is 0 Å². The number of nitrogens with two attached hydrogens (primary N) is 1. The van der Waals surface area contributed by atoms with Crippen molar-refractivity contribution in [3.63, 3.8) is 0 Å². The van der Waals surface area contributed by atoms with Crippen molar-refractivity contribution in [1.82, 2.24) is 0 Å². The van der Waals surface area contributed by atoms with Gasteiger partial charge in [0.25, 0.3) is 0 Å². The van der Waals surface area contributed by atoms with Gasteiger partial charge in [-0.05, 0) is 57.4 Å². The summed E-state index contributed by atoms with van der Waals surface area (Å²) in [7, 11) is 0. The maximum absolute atomic E-state index is 6.00. The van der Waals surface area contributed by atoms with Gasteiger partial charge in [-0.2, -0.15) is 0 Å². The van der Waals surface area contributed by atoms with Gasteiger partial charge in [-0.25, -0.2) is 0 Å². The average Bonchev–Trinajstić information content (AvgIpc) is 2.08. The zero-order chi connectivity index (χ0) is 11.5. The summed E-state index contributed by atoms with van der Waals surface area (Å²) in [6.07, 6.45) is 0.894. The van der Waals surface area contributed by atoms with Crippen molar-refractivity contribution in [3.8, 4) is 5.75 Å². The van der Waals surface area contributed by atoms with E-state index in [9.17, 15) is 0 Å². The molecule has 0 saturated heterocycles. The van der Waals surface area contributed by atoms with E-state index in [0.717, 1.165) is 12.2 Å². The monoisotopic (exact) mass is 207 g/mol. The number of rotatable bonds is 4. The second-order valence-corrected chi connectivity index (χ2v) is 4.69. The molecule has 0 aliphatic heterocycles. The summed E-state index contributed by atoms with van der Waals surface area (Å²) < 4.78 is 5.44. The van der Waals surface area contributed by atoms with Crippen molar-refractivity contribution in [2.75, 3.05) is 6.61 Å². The molecule has 0 aliphatic rings. The number of ether oxygens (including phenoxy) is 1. The third-order valence-corrected chi connectivity index (χ3v) is 2.27. The predicted molar refractivity (Wildman–Crippen MR) is 64.3 cm³/mol. The second-order valence-electron chi connectivity index (χ2n) is 4.69. The van der Waals surface area contributed by atoms with Crippen LogP contribution >= 0.6 is 0 Å². The number of aryl methyl sites for hydroxylation is 1. The Kier molecular flexibility index (Phi) is 3.75. The first-order valence-electron chi connectivity index (χ1n) is 5.43. The normalized spacial score (nSPS) is 11.5. The van der Waals surface area contributed by atoms with Gasteiger partial charge in [-0.3, -0.25) is 0 Å². The molecule has 0 aromatic heterocycles. The zero-order valence-corrected chi connectivity index (χ0v) is 10.1. The highest BCUT2D eigenvalue weighted by Crippen LogP contribution is 2.20. The van der Waals surface area contributed by atoms with Crippen LogP contribution in [0.25, 0.3) is 0 Å². The molecule has 0 amide bonds. The minimum absolute atomic E-state index is 0.155. The van der Waals surface area contributed by atoms with Crippen LogP contribution in [-0.4, -0.2) is 12.1 Å². The van der Waals surface area contributed by atoms with E-state index in [4.69, 9.17) is 10.5 Å². The topological polar surface area (TPSA) is 35.2 Å². The number of hydrogen-bond donors (Lipinski definition) is 1. The van der Waals surface area contributed by atoms with E-state index in [-0.39, 0.29) is 5.54 Å². The lowest BCUT2D eigenvalue weighted by Gasteiger charge is -2.20. The first-order chi connectivity index (χ1) is 6.92. The molecule has 0 spiro atoms. The maximum atomic E-state index is 6.00. The molecule has 0 bridgehead atoms. The fourth-order valence-corrected chi connectivity index (χ4v) is 1.61. The lowest BCUT2D eigenvalue weighted by atomic mass is 9.93. The molecule has 84 valence electrons. The summed E-state index contributed by atoms with van der Waals surface area (Å²) in [5.74, 6) is 0.938. The third-order valence-electron chi connectivity index (χ3n) is 2.27. The van der Waals surface area contributed by atoms with Crippen LogP contribution in [0.3, 0.4) is 0 Å². The third kappa shape index (κ3) is 3.92. The lowest BCUT2D eigenvalue weighted by Crippen LogP contribution is -2.34. The first kappa shape index (κ1) is 12.1. The Morgan fingerprint density at radius 3 is 2.47 bits per heavy atom. The number of benzene rings is 1. The minimum Gasteiger partial charge on any atom is -0.494 e. The fraction of sp³-hybridized carbons (Fsp3) is 0.538. The van der Waals surface area contributed by atoms with Gasteiger partial charge in [0.2, 0.25) is 0 Å². The highest BCUT2D eigenvalue weighted by molar-refractivity contribution is 5.35. The van der Waals surface area contributed by atoms with Gasteiger partial charge in [-0.15, -0.1) is 0 Å². The molecule has 0 fully saturated rings. The van der Waals surface area contributed by atoms with E-state index in [1.54, 1.807) is 0 Å². The Morgan fingerprint density at radius 1 is 1.33 bits per heavy atom. The van der Waals surface area contributed by atoms with E-state index < -0.39 is 0 Å². The lowest BCUT2D eigenvalue weighted by molar-refractivity contribution is 0.340. The molecule has 0 aliphatic carbocycles. The molecule has 0 heterocycles. The van der Waals surface area contributed by atoms with E-state index in [2.05, 4.69) is 19.1 Å². The van der Waals surface area contributed by atoms with Gasteiger partial charge in [0.05, 0.1) is 6.61 Å². The van der Waals surface area contributed by atoms with Crippen molar-refractivity contribution in [3.05, 3.63) is 29.3 Å². The molecule has 1 aromatic rings. The molecule has 1 aromatic carbocycles.